The molecule has 1 N–H and O–H groups in total. The molecule has 0 saturated carbocycles. The molecule has 3 aromatic rings. The Kier molecular flexibility index (Phi) is 6.16. The molecule has 0 aliphatic heterocycles. The van der Waals surface area contributed by atoms with Crippen LogP contribution in [0.5, 0.6) is 11.5 Å². The van der Waals surface area contributed by atoms with Crippen molar-refractivity contribution in [3.05, 3.63) is 54.4 Å². The summed E-state index contributed by atoms with van der Waals surface area (Å²) in [5.41, 5.74) is 0.588. The molecule has 0 amide bonds. The summed E-state index contributed by atoms with van der Waals surface area (Å²) in [4.78, 5) is 0.339. The first-order valence-electron chi connectivity index (χ1n) is 10.6. The summed E-state index contributed by atoms with van der Waals surface area (Å²) in [7, 11) is -3.23. The van der Waals surface area contributed by atoms with Gasteiger partial charge in [-0.25, -0.2) is 8.42 Å². The maximum atomic E-state index is 11.9. The summed E-state index contributed by atoms with van der Waals surface area (Å²) in [5.74, 6) is 0.651. The van der Waals surface area contributed by atoms with Crippen LogP contribution in [0.25, 0.3) is 10.8 Å². The van der Waals surface area contributed by atoms with Crippen LogP contribution in [-0.4, -0.2) is 29.9 Å². The van der Waals surface area contributed by atoms with Gasteiger partial charge in [0.2, 0.25) is 0 Å². The molecule has 0 aliphatic carbocycles. The van der Waals surface area contributed by atoms with Crippen molar-refractivity contribution in [1.82, 2.24) is 4.57 Å². The molecule has 6 heteroatoms. The smallest absolute Gasteiger partial charge is 0.175 e. The van der Waals surface area contributed by atoms with Crippen LogP contribution in [-0.2, 0) is 21.8 Å². The zero-order chi connectivity index (χ0) is 23.0. The van der Waals surface area contributed by atoms with E-state index >= 15 is 0 Å². The van der Waals surface area contributed by atoms with Crippen LogP contribution >= 0.6 is 0 Å². The molecule has 0 saturated heterocycles. The number of hydrogen-bond donors (Lipinski definition) is 1. The molecule has 5 nitrogen and oxygen atoms in total. The number of benzene rings is 2. The number of aryl methyl sites for hydroxylation is 1. The van der Waals surface area contributed by atoms with Crippen molar-refractivity contribution in [2.75, 3.05) is 6.26 Å². The van der Waals surface area contributed by atoms with E-state index in [-0.39, 0.29) is 16.9 Å². The Morgan fingerprint density at radius 1 is 1.00 bits per heavy atom. The van der Waals surface area contributed by atoms with E-state index in [4.69, 9.17) is 4.74 Å². The molecule has 1 unspecified atom stereocenters. The van der Waals surface area contributed by atoms with Crippen LogP contribution in [0.15, 0.2) is 53.7 Å². The van der Waals surface area contributed by atoms with Gasteiger partial charge in [-0.05, 0) is 82.2 Å². The van der Waals surface area contributed by atoms with Crippen LogP contribution in [0, 0.1) is 0 Å². The summed E-state index contributed by atoms with van der Waals surface area (Å²) < 4.78 is 31.9. The number of ether oxygens (including phenoxy) is 1. The molecule has 0 bridgehead atoms. The second kappa shape index (κ2) is 8.23. The second-order valence-electron chi connectivity index (χ2n) is 9.60. The molecule has 0 aliphatic rings. The highest BCUT2D eigenvalue weighted by molar-refractivity contribution is 7.90. The van der Waals surface area contributed by atoms with Crippen LogP contribution in [0.4, 0.5) is 0 Å². The molecule has 1 heterocycles. The zero-order valence-electron chi connectivity index (χ0n) is 19.3. The van der Waals surface area contributed by atoms with Gasteiger partial charge < -0.3 is 14.4 Å². The average molecular weight is 444 g/mol. The van der Waals surface area contributed by atoms with Crippen molar-refractivity contribution in [3.8, 4) is 11.5 Å². The first-order chi connectivity index (χ1) is 14.3. The predicted octanol–water partition coefficient (Wildman–Crippen LogP) is 5.69. The molecule has 2 aromatic carbocycles. The number of phenols is 1. The lowest BCUT2D eigenvalue weighted by atomic mass is 9.90. The van der Waals surface area contributed by atoms with E-state index < -0.39 is 9.84 Å². The standard InChI is InChI=1S/C25H33NO4S/c1-7-25(5,13-12-18-8-11-22(27)23(14-18)30-24(2,3)4)26-16-19-9-10-21(31(6,28)29)15-20(19)17-26/h8-11,14-17,27H,7,12-13H2,1-6H3. The van der Waals surface area contributed by atoms with E-state index in [2.05, 4.69) is 24.6 Å². The van der Waals surface area contributed by atoms with Gasteiger partial charge in [-0.1, -0.05) is 19.1 Å². The van der Waals surface area contributed by atoms with E-state index in [0.29, 0.717) is 10.6 Å². The van der Waals surface area contributed by atoms with Gasteiger partial charge in [0.05, 0.1) is 4.90 Å². The highest BCUT2D eigenvalue weighted by Crippen LogP contribution is 2.34. The minimum atomic E-state index is -3.23. The molecular formula is C25H33NO4S. The third kappa shape index (κ3) is 5.42. The topological polar surface area (TPSA) is 68.5 Å². The van der Waals surface area contributed by atoms with Gasteiger partial charge in [0.1, 0.15) is 5.60 Å². The van der Waals surface area contributed by atoms with Crippen molar-refractivity contribution in [2.45, 2.75) is 69.9 Å². The maximum absolute atomic E-state index is 11.9. The fourth-order valence-corrected chi connectivity index (χ4v) is 4.35. The van der Waals surface area contributed by atoms with Crippen LogP contribution in [0.2, 0.25) is 0 Å². The number of phenolic OH excluding ortho intramolecular Hbond substituents is 1. The first-order valence-corrected chi connectivity index (χ1v) is 12.5. The molecule has 3 rings (SSSR count). The number of aromatic nitrogens is 1. The van der Waals surface area contributed by atoms with Gasteiger partial charge in [-0.3, -0.25) is 0 Å². The number of aromatic hydroxyl groups is 1. The van der Waals surface area contributed by atoms with Crippen LogP contribution in [0.3, 0.4) is 0 Å². The van der Waals surface area contributed by atoms with Gasteiger partial charge in [0, 0.05) is 29.6 Å². The van der Waals surface area contributed by atoms with Gasteiger partial charge in [0.15, 0.2) is 21.3 Å². The fourth-order valence-electron chi connectivity index (χ4n) is 3.69. The predicted molar refractivity (Wildman–Crippen MR) is 126 cm³/mol. The molecule has 0 radical (unpaired) electrons. The lowest BCUT2D eigenvalue weighted by Gasteiger charge is -2.31. The van der Waals surface area contributed by atoms with E-state index in [9.17, 15) is 13.5 Å². The Labute approximate surface area is 185 Å². The minimum Gasteiger partial charge on any atom is -0.504 e. The fraction of sp³-hybridized carbons (Fsp3) is 0.440. The largest absolute Gasteiger partial charge is 0.504 e. The minimum absolute atomic E-state index is 0.132. The van der Waals surface area contributed by atoms with Crippen molar-refractivity contribution < 1.29 is 18.3 Å². The van der Waals surface area contributed by atoms with Crippen molar-refractivity contribution in [1.29, 1.82) is 0 Å². The van der Waals surface area contributed by atoms with E-state index in [1.54, 1.807) is 18.2 Å². The SMILES string of the molecule is CCC(C)(CCc1ccc(O)c(OC(C)(C)C)c1)n1cc2ccc(S(C)(=O)=O)cc2c1. The molecule has 0 spiro atoms. The van der Waals surface area contributed by atoms with E-state index in [0.717, 1.165) is 35.6 Å². The molecular weight excluding hydrogens is 410 g/mol. The monoisotopic (exact) mass is 443 g/mol. The summed E-state index contributed by atoms with van der Waals surface area (Å²) in [6, 6.07) is 10.8. The second-order valence-corrected chi connectivity index (χ2v) is 11.6. The molecule has 0 fully saturated rings. The summed E-state index contributed by atoms with van der Waals surface area (Å²) >= 11 is 0. The van der Waals surface area contributed by atoms with Gasteiger partial charge in [-0.2, -0.15) is 0 Å². The first kappa shape index (κ1) is 23.2. The Balaban J connectivity index is 1.85. The maximum Gasteiger partial charge on any atom is 0.175 e. The summed E-state index contributed by atoms with van der Waals surface area (Å²) in [6.45, 7) is 10.3. The number of sulfone groups is 1. The van der Waals surface area contributed by atoms with Gasteiger partial charge in [-0.15, -0.1) is 0 Å². The van der Waals surface area contributed by atoms with Gasteiger partial charge in [0.25, 0.3) is 0 Å². The van der Waals surface area contributed by atoms with Crippen molar-refractivity contribution in [3.63, 3.8) is 0 Å². The molecule has 1 aromatic heterocycles. The quantitative estimate of drug-likeness (QED) is 0.510. The number of nitrogens with zero attached hydrogens (tertiary/aromatic N) is 1. The Bertz CT molecular complexity index is 1190. The van der Waals surface area contributed by atoms with Crippen LogP contribution in [0.1, 0.15) is 53.0 Å². The zero-order valence-corrected chi connectivity index (χ0v) is 20.1. The average Bonchev–Trinajstić information content (AvgIpc) is 3.10. The molecule has 31 heavy (non-hydrogen) atoms. The number of hydrogen-bond acceptors (Lipinski definition) is 4. The van der Waals surface area contributed by atoms with E-state index in [1.165, 1.54) is 6.26 Å². The Hall–Kier alpha value is -2.47. The molecule has 168 valence electrons. The van der Waals surface area contributed by atoms with Crippen molar-refractivity contribution >= 4 is 20.6 Å². The number of rotatable bonds is 7. The Morgan fingerprint density at radius 3 is 2.29 bits per heavy atom. The van der Waals surface area contributed by atoms with E-state index in [1.807, 2.05) is 45.2 Å². The third-order valence-corrected chi connectivity index (χ3v) is 6.93. The summed E-state index contributed by atoms with van der Waals surface area (Å²) in [6.07, 6.45) is 8.01. The number of fused-ring (bicyclic) bond motifs is 1. The van der Waals surface area contributed by atoms with Gasteiger partial charge >= 0.3 is 0 Å². The lowest BCUT2D eigenvalue weighted by molar-refractivity contribution is 0.125. The van der Waals surface area contributed by atoms with Crippen LogP contribution < -0.4 is 4.74 Å². The highest BCUT2D eigenvalue weighted by Gasteiger charge is 2.25. The normalized spacial score (nSPS) is 14.5. The molecule has 1 atom stereocenters. The van der Waals surface area contributed by atoms with Crippen molar-refractivity contribution in [2.24, 2.45) is 0 Å². The highest BCUT2D eigenvalue weighted by atomic mass is 32.2. The summed E-state index contributed by atoms with van der Waals surface area (Å²) in [5, 5.41) is 12.1. The third-order valence-electron chi connectivity index (χ3n) is 5.82. The Morgan fingerprint density at radius 2 is 1.68 bits per heavy atom. The lowest BCUT2D eigenvalue weighted by Crippen LogP contribution is -2.28.